The number of nitrogens with zero attached hydrogens (tertiary/aromatic N) is 2. The number of non-ortho nitro benzene ring substituents is 1. The van der Waals surface area contributed by atoms with Crippen LogP contribution in [0, 0.1) is 10.1 Å². The van der Waals surface area contributed by atoms with Gasteiger partial charge in [-0.05, 0) is 46.9 Å². The topological polar surface area (TPSA) is 62.2 Å². The van der Waals surface area contributed by atoms with E-state index in [0.29, 0.717) is 0 Å². The van der Waals surface area contributed by atoms with Gasteiger partial charge in [0.1, 0.15) is 0 Å². The van der Waals surface area contributed by atoms with Crippen molar-refractivity contribution in [1.29, 1.82) is 0 Å². The van der Waals surface area contributed by atoms with Gasteiger partial charge in [-0.15, -0.1) is 0 Å². The van der Waals surface area contributed by atoms with Crippen LogP contribution < -0.4 is 0 Å². The molecule has 168 valence electrons. The molecule has 0 saturated carbocycles. The van der Waals surface area contributed by atoms with Crippen LogP contribution in [0.15, 0.2) is 91.0 Å². The van der Waals surface area contributed by atoms with Gasteiger partial charge >= 0.3 is 0 Å². The fraction of sp³-hybridized carbons (Fsp3) is 0.172. The quantitative estimate of drug-likeness (QED) is 0.240. The molecule has 0 bridgehead atoms. The van der Waals surface area contributed by atoms with E-state index in [1.165, 1.54) is 33.0 Å². The molecule has 5 aromatic rings. The minimum atomic E-state index is -0.338. The fourth-order valence-corrected chi connectivity index (χ4v) is 5.61. The number of rotatable bonds is 4. The number of para-hydroxylation sites is 1. The second-order valence-corrected chi connectivity index (χ2v) is 9.05. The molecule has 34 heavy (non-hydrogen) atoms. The molecule has 0 aliphatic carbocycles. The Labute approximate surface area is 197 Å². The predicted octanol–water partition coefficient (Wildman–Crippen LogP) is 6.94. The summed E-state index contributed by atoms with van der Waals surface area (Å²) in [4.78, 5) is 17.2. The number of aromatic amines is 1. The number of nitro benzene ring substituents is 1. The summed E-state index contributed by atoms with van der Waals surface area (Å²) in [5.74, 6) is 0. The van der Waals surface area contributed by atoms with Crippen LogP contribution in [0.25, 0.3) is 21.7 Å². The first-order chi connectivity index (χ1) is 16.6. The van der Waals surface area contributed by atoms with Gasteiger partial charge in [-0.2, -0.15) is 0 Å². The van der Waals surface area contributed by atoms with Crippen molar-refractivity contribution in [2.45, 2.75) is 25.4 Å². The zero-order valence-corrected chi connectivity index (χ0v) is 18.9. The highest BCUT2D eigenvalue weighted by Gasteiger charge is 2.35. The number of benzene rings is 4. The molecule has 1 aromatic heterocycles. The van der Waals surface area contributed by atoms with Crippen LogP contribution in [0.1, 0.15) is 41.4 Å². The lowest BCUT2D eigenvalue weighted by Crippen LogP contribution is -2.38. The van der Waals surface area contributed by atoms with Crippen LogP contribution >= 0.6 is 0 Å². The first-order valence-corrected chi connectivity index (χ1v) is 11.7. The molecule has 5 nitrogen and oxygen atoms in total. The van der Waals surface area contributed by atoms with Crippen LogP contribution in [-0.4, -0.2) is 21.4 Å². The molecular weight excluding hydrogens is 422 g/mol. The maximum Gasteiger partial charge on any atom is 0.269 e. The Morgan fingerprint density at radius 1 is 0.912 bits per heavy atom. The number of fused-ring (bicyclic) bond motifs is 4. The number of aromatic nitrogens is 1. The third-order valence-corrected chi connectivity index (χ3v) is 7.26. The highest BCUT2D eigenvalue weighted by Crippen LogP contribution is 2.43. The molecule has 4 aromatic carbocycles. The Bertz CT molecular complexity index is 1510. The van der Waals surface area contributed by atoms with E-state index in [4.69, 9.17) is 0 Å². The largest absolute Gasteiger partial charge is 0.357 e. The molecule has 0 radical (unpaired) electrons. The molecule has 1 aliphatic heterocycles. The van der Waals surface area contributed by atoms with Crippen LogP contribution in [0.5, 0.6) is 0 Å². The molecule has 2 heterocycles. The lowest BCUT2D eigenvalue weighted by molar-refractivity contribution is -0.384. The summed E-state index contributed by atoms with van der Waals surface area (Å²) in [5, 5.41) is 15.0. The normalized spacial score (nSPS) is 17.0. The van der Waals surface area contributed by atoms with Gasteiger partial charge in [0.05, 0.1) is 11.0 Å². The zero-order valence-electron chi connectivity index (χ0n) is 18.9. The van der Waals surface area contributed by atoms with Crippen LogP contribution in [0.4, 0.5) is 5.69 Å². The van der Waals surface area contributed by atoms with E-state index < -0.39 is 0 Å². The number of nitro groups is 1. The van der Waals surface area contributed by atoms with Gasteiger partial charge in [0, 0.05) is 41.3 Å². The molecule has 0 amide bonds. The monoisotopic (exact) mass is 447 g/mol. The summed E-state index contributed by atoms with van der Waals surface area (Å²) < 4.78 is 0. The molecule has 1 aliphatic rings. The van der Waals surface area contributed by atoms with Gasteiger partial charge in [-0.1, -0.05) is 72.8 Å². The van der Waals surface area contributed by atoms with Crippen molar-refractivity contribution >= 4 is 27.4 Å². The van der Waals surface area contributed by atoms with Gasteiger partial charge in [-0.3, -0.25) is 15.0 Å². The van der Waals surface area contributed by atoms with Crippen molar-refractivity contribution in [3.63, 3.8) is 0 Å². The lowest BCUT2D eigenvalue weighted by Gasteiger charge is -2.40. The predicted molar refractivity (Wildman–Crippen MR) is 136 cm³/mol. The van der Waals surface area contributed by atoms with E-state index in [0.717, 1.165) is 24.0 Å². The molecule has 0 saturated heterocycles. The third kappa shape index (κ3) is 3.28. The summed E-state index contributed by atoms with van der Waals surface area (Å²) in [6, 6.07) is 30.7. The average molecular weight is 448 g/mol. The van der Waals surface area contributed by atoms with Crippen molar-refractivity contribution in [3.8, 4) is 0 Å². The molecule has 2 atom stereocenters. The van der Waals surface area contributed by atoms with Crippen molar-refractivity contribution in [3.05, 3.63) is 123 Å². The van der Waals surface area contributed by atoms with E-state index in [1.807, 2.05) is 12.1 Å². The standard InChI is InChI=1S/C29H25N3O2/c1-19(23-11-6-8-20-7-2-3-9-24(20)23)31-18-17-26-25-10-4-5-12-27(25)30-28(26)29(31)21-13-15-22(16-14-21)32(33)34/h2-16,19,29-30H,17-18H2,1H3/t19-,29-/m1/s1. The number of H-pyrrole nitrogens is 1. The molecule has 0 spiro atoms. The van der Waals surface area contributed by atoms with Crippen LogP contribution in [0.2, 0.25) is 0 Å². The highest BCUT2D eigenvalue weighted by molar-refractivity contribution is 5.87. The van der Waals surface area contributed by atoms with Gasteiger partial charge in [0.25, 0.3) is 5.69 Å². The molecule has 6 rings (SSSR count). The SMILES string of the molecule is C[C@H](c1cccc2ccccc12)N1CCc2c([nH]c3ccccc23)[C@H]1c1ccc([N+](=O)[O-])cc1. The Morgan fingerprint density at radius 2 is 1.62 bits per heavy atom. The van der Waals surface area contributed by atoms with Crippen molar-refractivity contribution in [2.75, 3.05) is 6.54 Å². The van der Waals surface area contributed by atoms with Gasteiger partial charge in [-0.25, -0.2) is 0 Å². The molecule has 1 N–H and O–H groups in total. The van der Waals surface area contributed by atoms with E-state index in [-0.39, 0.29) is 22.7 Å². The number of nitrogens with one attached hydrogen (secondary N) is 1. The van der Waals surface area contributed by atoms with Crippen molar-refractivity contribution in [1.82, 2.24) is 9.88 Å². The Balaban J connectivity index is 1.51. The Hall–Kier alpha value is -3.96. The van der Waals surface area contributed by atoms with Crippen molar-refractivity contribution < 1.29 is 4.92 Å². The molecule has 5 heteroatoms. The van der Waals surface area contributed by atoms with E-state index in [9.17, 15) is 10.1 Å². The van der Waals surface area contributed by atoms with Gasteiger partial charge < -0.3 is 4.98 Å². The van der Waals surface area contributed by atoms with E-state index in [2.05, 4.69) is 83.5 Å². The second kappa shape index (κ2) is 8.12. The minimum Gasteiger partial charge on any atom is -0.357 e. The summed E-state index contributed by atoms with van der Waals surface area (Å²) in [7, 11) is 0. The fourth-order valence-electron chi connectivity index (χ4n) is 5.61. The Kier molecular flexibility index (Phi) is 4.93. The summed E-state index contributed by atoms with van der Waals surface area (Å²) in [6.07, 6.45) is 0.956. The van der Waals surface area contributed by atoms with Crippen LogP contribution in [-0.2, 0) is 6.42 Å². The highest BCUT2D eigenvalue weighted by atomic mass is 16.6. The zero-order chi connectivity index (χ0) is 23.2. The molecule has 0 fully saturated rings. The van der Waals surface area contributed by atoms with E-state index in [1.54, 1.807) is 12.1 Å². The smallest absolute Gasteiger partial charge is 0.269 e. The number of hydrogen-bond acceptors (Lipinski definition) is 3. The average Bonchev–Trinajstić information content (AvgIpc) is 3.26. The Morgan fingerprint density at radius 3 is 2.41 bits per heavy atom. The third-order valence-electron chi connectivity index (χ3n) is 7.26. The first-order valence-electron chi connectivity index (χ1n) is 11.7. The maximum atomic E-state index is 11.3. The second-order valence-electron chi connectivity index (χ2n) is 9.05. The molecule has 0 unspecified atom stereocenters. The lowest BCUT2D eigenvalue weighted by atomic mass is 9.89. The van der Waals surface area contributed by atoms with Crippen LogP contribution in [0.3, 0.4) is 0 Å². The number of hydrogen-bond donors (Lipinski definition) is 1. The summed E-state index contributed by atoms with van der Waals surface area (Å²) in [5.41, 5.74) is 6.15. The minimum absolute atomic E-state index is 0.0223. The van der Waals surface area contributed by atoms with Gasteiger partial charge in [0.2, 0.25) is 0 Å². The molecular formula is C29H25N3O2. The van der Waals surface area contributed by atoms with Crippen molar-refractivity contribution in [2.24, 2.45) is 0 Å². The maximum absolute atomic E-state index is 11.3. The summed E-state index contributed by atoms with van der Waals surface area (Å²) in [6.45, 7) is 3.18. The first kappa shape index (κ1) is 20.6. The van der Waals surface area contributed by atoms with E-state index >= 15 is 0 Å². The summed E-state index contributed by atoms with van der Waals surface area (Å²) >= 11 is 0. The van der Waals surface area contributed by atoms with Gasteiger partial charge in [0.15, 0.2) is 0 Å².